The van der Waals surface area contributed by atoms with Crippen LogP contribution in [0.1, 0.15) is 42.3 Å². The van der Waals surface area contributed by atoms with Crippen LogP contribution >= 0.6 is 11.8 Å². The number of anilines is 1. The first-order valence-electron chi connectivity index (χ1n) is 13.9. The van der Waals surface area contributed by atoms with Crippen molar-refractivity contribution in [2.24, 2.45) is 0 Å². The highest BCUT2D eigenvalue weighted by atomic mass is 32.2. The molecule has 0 aromatic heterocycles. The molecule has 2 aliphatic heterocycles. The summed E-state index contributed by atoms with van der Waals surface area (Å²) >= 11 is 1.75. The Labute approximate surface area is 251 Å². The number of benzene rings is 3. The molecule has 1 fully saturated rings. The van der Waals surface area contributed by atoms with Crippen LogP contribution in [0.4, 0.5) is 10.5 Å². The van der Waals surface area contributed by atoms with Gasteiger partial charge in [0.2, 0.25) is 0 Å². The van der Waals surface area contributed by atoms with Crippen LogP contribution in [0.15, 0.2) is 77.7 Å². The molecule has 0 atom stereocenters. The largest absolute Gasteiger partial charge is 0.444 e. The Morgan fingerprint density at radius 1 is 0.881 bits per heavy atom. The van der Waals surface area contributed by atoms with Gasteiger partial charge in [-0.1, -0.05) is 42.5 Å². The fourth-order valence-corrected chi connectivity index (χ4v) is 6.87. The first-order chi connectivity index (χ1) is 20.0. The molecule has 42 heavy (non-hydrogen) atoms. The van der Waals surface area contributed by atoms with E-state index in [0.717, 1.165) is 21.9 Å². The van der Waals surface area contributed by atoms with Crippen LogP contribution in [0.5, 0.6) is 5.75 Å². The highest BCUT2D eigenvalue weighted by Crippen LogP contribution is 2.35. The van der Waals surface area contributed by atoms with Crippen LogP contribution in [0.25, 0.3) is 0 Å². The van der Waals surface area contributed by atoms with Gasteiger partial charge in [-0.05, 0) is 68.7 Å². The first-order valence-corrected chi connectivity index (χ1v) is 16.2. The highest BCUT2D eigenvalue weighted by Gasteiger charge is 2.34. The van der Waals surface area contributed by atoms with Gasteiger partial charge in [-0.3, -0.25) is 4.79 Å². The van der Waals surface area contributed by atoms with Crippen LogP contribution in [-0.2, 0) is 27.2 Å². The maximum absolute atomic E-state index is 13.7. The number of piperazine rings is 1. The molecule has 222 valence electrons. The van der Waals surface area contributed by atoms with Crippen molar-refractivity contribution in [3.63, 3.8) is 0 Å². The zero-order valence-corrected chi connectivity index (χ0v) is 25.6. The van der Waals surface area contributed by atoms with E-state index in [1.807, 2.05) is 30.3 Å². The Bertz CT molecular complexity index is 1550. The third kappa shape index (κ3) is 7.08. The molecule has 9 nitrogen and oxygen atoms in total. The molecule has 5 rings (SSSR count). The zero-order valence-electron chi connectivity index (χ0n) is 24.0. The molecule has 0 radical (unpaired) electrons. The molecule has 1 saturated heterocycles. The Morgan fingerprint density at radius 3 is 2.29 bits per heavy atom. The van der Waals surface area contributed by atoms with Crippen LogP contribution in [0.3, 0.4) is 0 Å². The van der Waals surface area contributed by atoms with Gasteiger partial charge in [0.25, 0.3) is 5.91 Å². The summed E-state index contributed by atoms with van der Waals surface area (Å²) in [6.07, 6.45) is 0.230. The average Bonchev–Trinajstić information content (AvgIpc) is 3.39. The van der Waals surface area contributed by atoms with E-state index < -0.39 is 22.0 Å². The van der Waals surface area contributed by atoms with Gasteiger partial charge in [-0.15, -0.1) is 11.8 Å². The first kappa shape index (κ1) is 29.9. The minimum atomic E-state index is -4.21. The van der Waals surface area contributed by atoms with Crippen molar-refractivity contribution < 1.29 is 26.9 Å². The molecule has 0 unspecified atom stereocenters. The fraction of sp³-hybridized carbons (Fsp3) is 0.355. The molecular weight excluding hydrogens is 574 g/mol. The van der Waals surface area contributed by atoms with Crippen LogP contribution in [0.2, 0.25) is 0 Å². The normalized spacial score (nSPS) is 15.8. The Balaban J connectivity index is 1.24. The van der Waals surface area contributed by atoms with Gasteiger partial charge >= 0.3 is 16.4 Å². The maximum atomic E-state index is 13.7. The minimum Gasteiger partial charge on any atom is -0.444 e. The number of carbonyl (C=O) groups excluding carboxylic acids is 2. The number of amides is 2. The Hall–Kier alpha value is -3.54. The lowest BCUT2D eigenvalue weighted by Crippen LogP contribution is -2.52. The maximum Gasteiger partial charge on any atom is 0.410 e. The summed E-state index contributed by atoms with van der Waals surface area (Å²) in [5, 5.41) is 0. The molecule has 0 N–H and O–H groups in total. The average molecular weight is 610 g/mol. The van der Waals surface area contributed by atoms with E-state index in [1.54, 1.807) is 55.6 Å². The number of para-hydroxylation sites is 1. The highest BCUT2D eigenvalue weighted by molar-refractivity contribution is 7.98. The van der Waals surface area contributed by atoms with Gasteiger partial charge in [0, 0.05) is 49.1 Å². The van der Waals surface area contributed by atoms with Gasteiger partial charge in [0.15, 0.2) is 5.75 Å². The number of carbonyl (C=O) groups is 2. The number of hydrogen-bond donors (Lipinski definition) is 0. The molecule has 0 saturated carbocycles. The second-order valence-electron chi connectivity index (χ2n) is 11.2. The van der Waals surface area contributed by atoms with Crippen molar-refractivity contribution in [1.82, 2.24) is 9.21 Å². The molecule has 0 aliphatic carbocycles. The summed E-state index contributed by atoms with van der Waals surface area (Å²) < 4.78 is 38.5. The third-order valence-electron chi connectivity index (χ3n) is 6.96. The van der Waals surface area contributed by atoms with E-state index in [0.29, 0.717) is 13.0 Å². The van der Waals surface area contributed by atoms with Crippen LogP contribution < -0.4 is 9.08 Å². The quantitative estimate of drug-likeness (QED) is 0.333. The summed E-state index contributed by atoms with van der Waals surface area (Å²) in [5.41, 5.74) is 2.68. The van der Waals surface area contributed by atoms with Crippen molar-refractivity contribution in [2.45, 2.75) is 43.4 Å². The van der Waals surface area contributed by atoms with Gasteiger partial charge in [0.05, 0.1) is 5.56 Å². The number of fused-ring (bicyclic) bond motifs is 1. The lowest BCUT2D eigenvalue weighted by molar-refractivity contribution is 0.0189. The second kappa shape index (κ2) is 12.4. The van der Waals surface area contributed by atoms with Crippen LogP contribution in [0, 0.1) is 0 Å². The Kier molecular flexibility index (Phi) is 8.81. The van der Waals surface area contributed by atoms with E-state index >= 15 is 0 Å². The molecule has 3 aromatic carbocycles. The van der Waals surface area contributed by atoms with E-state index in [9.17, 15) is 18.0 Å². The summed E-state index contributed by atoms with van der Waals surface area (Å²) in [5.74, 6) is 0.511. The van der Waals surface area contributed by atoms with Gasteiger partial charge in [0.1, 0.15) is 5.60 Å². The standard InChI is InChI=1S/C31H35N3O6S2/c1-31(2,3)39-30(36)32-17-19-33(20-18-32)42(37,38)40-28-12-8-7-11-26(28)29(35)34-16-15-24-21-25(13-14-27(24)34)41-22-23-9-5-4-6-10-23/h4-14,21H,15-20,22H2,1-3H3. The van der Waals surface area contributed by atoms with Crippen molar-refractivity contribution in [2.75, 3.05) is 37.6 Å². The third-order valence-corrected chi connectivity index (χ3v) is 9.41. The summed E-state index contributed by atoms with van der Waals surface area (Å²) in [6, 6.07) is 22.8. The van der Waals surface area contributed by atoms with Gasteiger partial charge in [-0.2, -0.15) is 12.7 Å². The summed E-state index contributed by atoms with van der Waals surface area (Å²) in [6.45, 7) is 6.30. The van der Waals surface area contributed by atoms with Crippen molar-refractivity contribution in [1.29, 1.82) is 0 Å². The van der Waals surface area contributed by atoms with E-state index in [4.69, 9.17) is 8.92 Å². The predicted octanol–water partition coefficient (Wildman–Crippen LogP) is 5.36. The van der Waals surface area contributed by atoms with Gasteiger partial charge in [-0.25, -0.2) is 4.79 Å². The fourth-order valence-electron chi connectivity index (χ4n) is 4.87. The number of nitrogens with zero attached hydrogens (tertiary/aromatic N) is 3. The summed E-state index contributed by atoms with van der Waals surface area (Å²) in [4.78, 5) is 30.3. The monoisotopic (exact) mass is 609 g/mol. The molecule has 0 bridgehead atoms. The molecule has 2 aliphatic rings. The molecule has 2 amide bonds. The van der Waals surface area contributed by atoms with Gasteiger partial charge < -0.3 is 18.7 Å². The van der Waals surface area contributed by atoms with Crippen molar-refractivity contribution in [3.05, 3.63) is 89.5 Å². The number of ether oxygens (including phenoxy) is 1. The summed E-state index contributed by atoms with van der Waals surface area (Å²) in [7, 11) is -4.21. The SMILES string of the molecule is CC(C)(C)OC(=O)N1CCN(S(=O)(=O)Oc2ccccc2C(=O)N2CCc3cc(SCc4ccccc4)ccc32)CC1. The molecule has 3 aromatic rings. The number of thioether (sulfide) groups is 1. The Morgan fingerprint density at radius 2 is 1.57 bits per heavy atom. The topological polar surface area (TPSA) is 96.5 Å². The van der Waals surface area contributed by atoms with E-state index in [1.165, 1.54) is 20.8 Å². The smallest absolute Gasteiger partial charge is 0.410 e. The lowest BCUT2D eigenvalue weighted by atomic mass is 10.1. The number of rotatable bonds is 7. The van der Waals surface area contributed by atoms with E-state index in [-0.39, 0.29) is 43.4 Å². The minimum absolute atomic E-state index is 0.0273. The number of hydrogen-bond acceptors (Lipinski definition) is 7. The molecule has 2 heterocycles. The predicted molar refractivity (Wildman–Crippen MR) is 163 cm³/mol. The lowest BCUT2D eigenvalue weighted by Gasteiger charge is -2.34. The molecule has 11 heteroatoms. The molecule has 0 spiro atoms. The van der Waals surface area contributed by atoms with Crippen molar-refractivity contribution in [3.8, 4) is 5.75 Å². The second-order valence-corrected chi connectivity index (χ2v) is 13.8. The van der Waals surface area contributed by atoms with Crippen LogP contribution in [-0.4, -0.2) is 67.9 Å². The molecular formula is C31H35N3O6S2. The zero-order chi connectivity index (χ0) is 29.9. The van der Waals surface area contributed by atoms with E-state index in [2.05, 4.69) is 18.2 Å². The van der Waals surface area contributed by atoms with Crippen molar-refractivity contribution >= 4 is 39.8 Å².